The van der Waals surface area contributed by atoms with E-state index in [9.17, 15) is 15.1 Å². The quantitative estimate of drug-likeness (QED) is 0.669. The number of rotatable bonds is 1. The van der Waals surface area contributed by atoms with Crippen molar-refractivity contribution in [3.8, 4) is 5.75 Å². The Balaban J connectivity index is 3.02. The molecule has 0 unspecified atom stereocenters. The van der Waals surface area contributed by atoms with E-state index in [-0.39, 0.29) is 11.4 Å². The van der Waals surface area contributed by atoms with E-state index in [4.69, 9.17) is 0 Å². The highest BCUT2D eigenvalue weighted by Gasteiger charge is 2.15. The number of pyridine rings is 1. The molecule has 0 saturated carbocycles. The highest BCUT2D eigenvalue weighted by atomic mass is 16.5. The van der Waals surface area contributed by atoms with Crippen LogP contribution < -0.4 is 5.56 Å². The minimum Gasteiger partial charge on any atom is -0.505 e. The normalized spacial score (nSPS) is 11.1. The molecule has 2 heterocycles. The predicted octanol–water partition coefficient (Wildman–Crippen LogP) is 0.469. The first kappa shape index (κ1) is 9.57. The van der Waals surface area contributed by atoms with E-state index in [1.54, 1.807) is 11.5 Å². The van der Waals surface area contributed by atoms with Crippen LogP contribution >= 0.6 is 0 Å². The Bertz CT molecular complexity index is 582. The van der Waals surface area contributed by atoms with Crippen LogP contribution in [-0.2, 0) is 6.54 Å². The lowest BCUT2D eigenvalue weighted by Gasteiger charge is -2.03. The van der Waals surface area contributed by atoms with Gasteiger partial charge in [0.15, 0.2) is 0 Å². The average molecular weight is 209 g/mol. The molecule has 0 fully saturated rings. The van der Waals surface area contributed by atoms with E-state index in [1.165, 1.54) is 0 Å². The van der Waals surface area contributed by atoms with Crippen molar-refractivity contribution in [2.75, 3.05) is 0 Å². The van der Waals surface area contributed by atoms with Crippen LogP contribution in [0.3, 0.4) is 0 Å². The molecule has 0 aliphatic carbocycles. The molecule has 0 amide bonds. The SMILES string of the molecule is CCn1c(C)nc2c1c(O)cc(=O)n2O. The van der Waals surface area contributed by atoms with Crippen molar-refractivity contribution >= 4 is 11.2 Å². The van der Waals surface area contributed by atoms with Gasteiger partial charge in [-0.25, -0.2) is 4.98 Å². The van der Waals surface area contributed by atoms with Gasteiger partial charge in [-0.15, -0.1) is 4.73 Å². The first-order chi connectivity index (χ1) is 7.06. The van der Waals surface area contributed by atoms with Crippen LogP contribution in [0.2, 0.25) is 0 Å². The number of hydrogen-bond donors (Lipinski definition) is 2. The summed E-state index contributed by atoms with van der Waals surface area (Å²) in [5, 5.41) is 19.0. The molecular formula is C9H11N3O3. The zero-order valence-electron chi connectivity index (χ0n) is 8.43. The summed E-state index contributed by atoms with van der Waals surface area (Å²) in [7, 11) is 0. The number of imidazole rings is 1. The zero-order chi connectivity index (χ0) is 11.2. The Hall–Kier alpha value is -1.98. The largest absolute Gasteiger partial charge is 0.505 e. The highest BCUT2D eigenvalue weighted by molar-refractivity contribution is 5.78. The number of aromatic nitrogens is 3. The number of hydrogen-bond acceptors (Lipinski definition) is 4. The molecule has 6 nitrogen and oxygen atoms in total. The van der Waals surface area contributed by atoms with Crippen LogP contribution in [0.4, 0.5) is 0 Å². The monoisotopic (exact) mass is 209 g/mol. The Morgan fingerprint density at radius 2 is 2.20 bits per heavy atom. The average Bonchev–Trinajstić information content (AvgIpc) is 2.52. The van der Waals surface area contributed by atoms with Crippen LogP contribution in [0.15, 0.2) is 10.9 Å². The van der Waals surface area contributed by atoms with E-state index in [2.05, 4.69) is 4.98 Å². The molecule has 0 atom stereocenters. The molecule has 2 N–H and O–H groups in total. The Labute approximate surface area is 85.0 Å². The molecule has 2 aromatic heterocycles. The lowest BCUT2D eigenvalue weighted by atomic mass is 10.4. The molecule has 2 rings (SSSR count). The van der Waals surface area contributed by atoms with Crippen LogP contribution in [-0.4, -0.2) is 24.6 Å². The molecule has 6 heteroatoms. The topological polar surface area (TPSA) is 80.3 Å². The molecule has 0 aliphatic heterocycles. The van der Waals surface area contributed by atoms with Gasteiger partial charge in [-0.2, -0.15) is 0 Å². The molecule has 0 bridgehead atoms. The fraction of sp³-hybridized carbons (Fsp3) is 0.333. The first-order valence-corrected chi connectivity index (χ1v) is 4.57. The molecule has 0 spiro atoms. The third-order valence-electron chi connectivity index (χ3n) is 2.37. The fourth-order valence-electron chi connectivity index (χ4n) is 1.69. The number of aromatic hydroxyl groups is 1. The maximum atomic E-state index is 11.2. The van der Waals surface area contributed by atoms with Crippen molar-refractivity contribution < 1.29 is 10.3 Å². The van der Waals surface area contributed by atoms with Crippen molar-refractivity contribution in [2.45, 2.75) is 20.4 Å². The van der Waals surface area contributed by atoms with Crippen molar-refractivity contribution in [3.63, 3.8) is 0 Å². The van der Waals surface area contributed by atoms with Gasteiger partial charge in [0.2, 0.25) is 5.65 Å². The van der Waals surface area contributed by atoms with Gasteiger partial charge in [0.1, 0.15) is 17.1 Å². The van der Waals surface area contributed by atoms with E-state index < -0.39 is 5.56 Å². The fourth-order valence-corrected chi connectivity index (χ4v) is 1.69. The Kier molecular flexibility index (Phi) is 1.92. The van der Waals surface area contributed by atoms with Crippen LogP contribution in [0.25, 0.3) is 11.2 Å². The number of aryl methyl sites for hydroxylation is 2. The molecule has 0 radical (unpaired) electrons. The van der Waals surface area contributed by atoms with Gasteiger partial charge in [0.05, 0.1) is 6.07 Å². The summed E-state index contributed by atoms with van der Waals surface area (Å²) < 4.78 is 2.16. The van der Waals surface area contributed by atoms with Crippen LogP contribution in [0.5, 0.6) is 5.75 Å². The minimum absolute atomic E-state index is 0.0827. The second-order valence-corrected chi connectivity index (χ2v) is 3.26. The van der Waals surface area contributed by atoms with Gasteiger partial charge in [-0.1, -0.05) is 0 Å². The number of fused-ring (bicyclic) bond motifs is 1. The van der Waals surface area contributed by atoms with Gasteiger partial charge >= 0.3 is 0 Å². The molecule has 2 aromatic rings. The summed E-state index contributed by atoms with van der Waals surface area (Å²) in [6.07, 6.45) is 0. The molecule has 80 valence electrons. The van der Waals surface area contributed by atoms with E-state index in [1.807, 2.05) is 6.92 Å². The summed E-state index contributed by atoms with van der Waals surface area (Å²) >= 11 is 0. The summed E-state index contributed by atoms with van der Waals surface area (Å²) in [5.74, 6) is 0.471. The lowest BCUT2D eigenvalue weighted by Crippen LogP contribution is -2.16. The Morgan fingerprint density at radius 3 is 2.80 bits per heavy atom. The zero-order valence-corrected chi connectivity index (χ0v) is 8.43. The first-order valence-electron chi connectivity index (χ1n) is 4.57. The molecule has 0 aliphatic rings. The van der Waals surface area contributed by atoms with E-state index >= 15 is 0 Å². The maximum absolute atomic E-state index is 11.2. The second-order valence-electron chi connectivity index (χ2n) is 3.26. The second kappa shape index (κ2) is 3.01. The van der Waals surface area contributed by atoms with Crippen LogP contribution in [0.1, 0.15) is 12.7 Å². The van der Waals surface area contributed by atoms with Gasteiger partial charge in [-0.3, -0.25) is 4.79 Å². The lowest BCUT2D eigenvalue weighted by molar-refractivity contribution is 0.186. The van der Waals surface area contributed by atoms with Crippen LogP contribution in [0, 0.1) is 6.92 Å². The highest BCUT2D eigenvalue weighted by Crippen LogP contribution is 2.22. The smallest absolute Gasteiger partial charge is 0.288 e. The third kappa shape index (κ3) is 1.18. The molecule has 0 saturated heterocycles. The van der Waals surface area contributed by atoms with Crippen molar-refractivity contribution in [1.82, 2.24) is 14.3 Å². The van der Waals surface area contributed by atoms with Gasteiger partial charge in [0.25, 0.3) is 5.56 Å². The standard InChI is InChI=1S/C9H11N3O3/c1-3-11-5(2)10-9-8(11)6(13)4-7(14)12(9)15/h4,13,15H,3H2,1-2H3. The summed E-state index contributed by atoms with van der Waals surface area (Å²) in [6, 6.07) is 0.968. The Morgan fingerprint density at radius 1 is 1.53 bits per heavy atom. The summed E-state index contributed by atoms with van der Waals surface area (Å²) in [6.45, 7) is 4.24. The molecule has 15 heavy (non-hydrogen) atoms. The predicted molar refractivity (Wildman–Crippen MR) is 53.3 cm³/mol. The maximum Gasteiger partial charge on any atom is 0.288 e. The minimum atomic E-state index is -0.694. The van der Waals surface area contributed by atoms with Gasteiger partial charge in [-0.05, 0) is 13.8 Å². The van der Waals surface area contributed by atoms with E-state index in [0.717, 1.165) is 6.07 Å². The summed E-state index contributed by atoms with van der Waals surface area (Å²) in [5.41, 5.74) is -0.239. The van der Waals surface area contributed by atoms with E-state index in [0.29, 0.717) is 22.6 Å². The number of nitrogens with zero attached hydrogens (tertiary/aromatic N) is 3. The van der Waals surface area contributed by atoms with Crippen molar-refractivity contribution in [3.05, 3.63) is 22.2 Å². The van der Waals surface area contributed by atoms with Gasteiger partial charge < -0.3 is 14.9 Å². The summed E-state index contributed by atoms with van der Waals surface area (Å²) in [4.78, 5) is 15.2. The third-order valence-corrected chi connectivity index (χ3v) is 2.37. The van der Waals surface area contributed by atoms with Gasteiger partial charge in [0, 0.05) is 6.54 Å². The molecule has 0 aromatic carbocycles. The van der Waals surface area contributed by atoms with Crippen molar-refractivity contribution in [2.24, 2.45) is 0 Å². The molecular weight excluding hydrogens is 198 g/mol. The van der Waals surface area contributed by atoms with Crippen molar-refractivity contribution in [1.29, 1.82) is 0 Å².